The molecular formula is C34H36N4O4. The van der Waals surface area contributed by atoms with Crippen molar-refractivity contribution in [2.45, 2.75) is 45.3 Å². The first-order valence-electron chi connectivity index (χ1n) is 14.2. The van der Waals surface area contributed by atoms with Crippen molar-refractivity contribution >= 4 is 16.9 Å². The number of rotatable bonds is 9. The summed E-state index contributed by atoms with van der Waals surface area (Å²) in [5.74, 6) is 2.31. The van der Waals surface area contributed by atoms with Crippen molar-refractivity contribution in [3.05, 3.63) is 118 Å². The Labute approximate surface area is 245 Å². The van der Waals surface area contributed by atoms with Gasteiger partial charge in [-0.15, -0.1) is 0 Å². The van der Waals surface area contributed by atoms with Crippen LogP contribution in [-0.4, -0.2) is 42.2 Å². The molecule has 0 radical (unpaired) electrons. The lowest BCUT2D eigenvalue weighted by molar-refractivity contribution is -0.120. The van der Waals surface area contributed by atoms with Crippen molar-refractivity contribution in [1.82, 2.24) is 15.4 Å². The molecule has 3 N–H and O–H groups in total. The smallest absolute Gasteiger partial charge is 0.225 e. The number of hydrogen-bond acceptors (Lipinski definition) is 7. The van der Waals surface area contributed by atoms with E-state index in [1.807, 2.05) is 87.5 Å². The summed E-state index contributed by atoms with van der Waals surface area (Å²) in [7, 11) is 1.65. The van der Waals surface area contributed by atoms with E-state index in [4.69, 9.17) is 19.4 Å². The number of methoxy groups -OCH3 is 1. The predicted octanol–water partition coefficient (Wildman–Crippen LogP) is 5.54. The largest absolute Gasteiger partial charge is 0.497 e. The Morgan fingerprint density at radius 2 is 1.86 bits per heavy atom. The molecular weight excluding hydrogens is 528 g/mol. The second-order valence-corrected chi connectivity index (χ2v) is 11.2. The molecule has 1 saturated heterocycles. The van der Waals surface area contributed by atoms with Crippen LogP contribution in [0.3, 0.4) is 0 Å². The van der Waals surface area contributed by atoms with Crippen LogP contribution in [0.5, 0.6) is 5.75 Å². The van der Waals surface area contributed by atoms with Gasteiger partial charge in [0.05, 0.1) is 31.3 Å². The Morgan fingerprint density at radius 1 is 1.07 bits per heavy atom. The molecule has 3 aromatic carbocycles. The number of ether oxygens (including phenoxy) is 1. The van der Waals surface area contributed by atoms with E-state index in [9.17, 15) is 4.79 Å². The SMILES string of the molecule is COc1ccc(C(NC(=O)Cc2ccc3oc(C(c4c(C)noc4C)N4CC(N)C4)cc3c2)c2ccccc2)c(C)c1. The molecule has 8 nitrogen and oxygen atoms in total. The van der Waals surface area contributed by atoms with Gasteiger partial charge in [-0.05, 0) is 73.4 Å². The molecule has 0 aliphatic carbocycles. The first-order chi connectivity index (χ1) is 20.3. The van der Waals surface area contributed by atoms with Gasteiger partial charge in [0.1, 0.15) is 22.9 Å². The average Bonchev–Trinajstić information content (AvgIpc) is 3.54. The molecule has 6 rings (SSSR count). The van der Waals surface area contributed by atoms with Crippen LogP contribution in [0, 0.1) is 20.8 Å². The van der Waals surface area contributed by atoms with E-state index in [2.05, 4.69) is 21.4 Å². The summed E-state index contributed by atoms with van der Waals surface area (Å²) in [4.78, 5) is 15.7. The Bertz CT molecular complexity index is 1700. The number of furan rings is 1. The highest BCUT2D eigenvalue weighted by Crippen LogP contribution is 2.38. The molecule has 0 bridgehead atoms. The van der Waals surface area contributed by atoms with Crippen LogP contribution in [0.15, 0.2) is 81.7 Å². The third kappa shape index (κ3) is 5.43. The third-order valence-electron chi connectivity index (χ3n) is 8.13. The van der Waals surface area contributed by atoms with Gasteiger partial charge in [-0.25, -0.2) is 0 Å². The Balaban J connectivity index is 1.25. The maximum atomic E-state index is 13.5. The third-order valence-corrected chi connectivity index (χ3v) is 8.13. The maximum Gasteiger partial charge on any atom is 0.225 e. The summed E-state index contributed by atoms with van der Waals surface area (Å²) in [5, 5.41) is 8.40. The number of nitrogens with two attached hydrogens (primary N) is 1. The zero-order valence-corrected chi connectivity index (χ0v) is 24.4. The molecule has 3 heterocycles. The molecule has 216 valence electrons. The van der Waals surface area contributed by atoms with Gasteiger partial charge < -0.3 is 24.7 Å². The number of likely N-dealkylation sites (tertiary alicyclic amines) is 1. The van der Waals surface area contributed by atoms with E-state index in [-0.39, 0.29) is 30.5 Å². The van der Waals surface area contributed by atoms with Gasteiger partial charge >= 0.3 is 0 Å². The first-order valence-corrected chi connectivity index (χ1v) is 14.2. The standard InChI is InChI=1S/C34H36N4O4/c1-20-14-27(40-4)11-12-28(20)33(24-8-6-5-7-9-24)36-31(39)16-23-10-13-29-25(15-23)17-30(41-29)34(38-18-26(35)19-38)32-21(2)37-42-22(32)3/h5-15,17,26,33-34H,16,18-19,35H2,1-4H3,(H,36,39). The summed E-state index contributed by atoms with van der Waals surface area (Å²) in [6.07, 6.45) is 0.239. The number of amides is 1. The maximum absolute atomic E-state index is 13.5. The minimum absolute atomic E-state index is 0.0645. The molecule has 5 aromatic rings. The van der Waals surface area contributed by atoms with E-state index < -0.39 is 0 Å². The van der Waals surface area contributed by atoms with Crippen molar-refractivity contribution in [1.29, 1.82) is 0 Å². The van der Waals surface area contributed by atoms with Crippen LogP contribution < -0.4 is 15.8 Å². The summed E-state index contributed by atoms with van der Waals surface area (Å²) in [6.45, 7) is 7.46. The van der Waals surface area contributed by atoms with Gasteiger partial charge in [0.25, 0.3) is 0 Å². The lowest BCUT2D eigenvalue weighted by Gasteiger charge is -2.41. The highest BCUT2D eigenvalue weighted by molar-refractivity contribution is 5.83. The number of nitrogens with zero attached hydrogens (tertiary/aromatic N) is 2. The van der Waals surface area contributed by atoms with Gasteiger partial charge in [-0.3, -0.25) is 9.69 Å². The van der Waals surface area contributed by atoms with Crippen molar-refractivity contribution < 1.29 is 18.5 Å². The monoisotopic (exact) mass is 564 g/mol. The molecule has 42 heavy (non-hydrogen) atoms. The Morgan fingerprint density at radius 3 is 2.52 bits per heavy atom. The van der Waals surface area contributed by atoms with Gasteiger partial charge in [-0.1, -0.05) is 47.6 Å². The normalized spacial score (nSPS) is 15.4. The fourth-order valence-electron chi connectivity index (χ4n) is 5.99. The van der Waals surface area contributed by atoms with E-state index in [0.717, 1.165) is 74.8 Å². The number of carbonyl (C=O) groups excluding carboxylic acids is 1. The molecule has 8 heteroatoms. The van der Waals surface area contributed by atoms with Crippen LogP contribution >= 0.6 is 0 Å². The minimum Gasteiger partial charge on any atom is -0.497 e. The summed E-state index contributed by atoms with van der Waals surface area (Å²) in [5.41, 5.74) is 12.8. The fraction of sp³-hybridized carbons (Fsp3) is 0.294. The van der Waals surface area contributed by atoms with Crippen LogP contribution in [0.4, 0.5) is 0 Å². The summed E-state index contributed by atoms with van der Waals surface area (Å²) >= 11 is 0. The predicted molar refractivity (Wildman–Crippen MR) is 161 cm³/mol. The van der Waals surface area contributed by atoms with Crippen molar-refractivity contribution in [3.8, 4) is 5.75 Å². The molecule has 1 aliphatic rings. The number of hydrogen-bond donors (Lipinski definition) is 2. The summed E-state index contributed by atoms with van der Waals surface area (Å²) in [6, 6.07) is 23.7. The Kier molecular flexibility index (Phi) is 7.58. The number of carbonyl (C=O) groups is 1. The van der Waals surface area contributed by atoms with Gasteiger partial charge in [0, 0.05) is 30.1 Å². The highest BCUT2D eigenvalue weighted by Gasteiger charge is 2.37. The molecule has 0 saturated carbocycles. The molecule has 1 amide bonds. The quantitative estimate of drug-likeness (QED) is 0.242. The number of benzene rings is 3. The van der Waals surface area contributed by atoms with Crippen molar-refractivity contribution in [3.63, 3.8) is 0 Å². The number of fused-ring (bicyclic) bond motifs is 1. The van der Waals surface area contributed by atoms with Crippen LogP contribution in [0.1, 0.15) is 57.1 Å². The molecule has 0 spiro atoms. The van der Waals surface area contributed by atoms with E-state index >= 15 is 0 Å². The van der Waals surface area contributed by atoms with E-state index in [1.165, 1.54) is 0 Å². The molecule has 2 aromatic heterocycles. The van der Waals surface area contributed by atoms with Crippen LogP contribution in [0.25, 0.3) is 11.0 Å². The second-order valence-electron chi connectivity index (χ2n) is 11.2. The number of nitrogens with one attached hydrogen (secondary N) is 1. The van der Waals surface area contributed by atoms with Crippen molar-refractivity contribution in [2.75, 3.05) is 20.2 Å². The zero-order valence-electron chi connectivity index (χ0n) is 24.4. The molecule has 2 unspecified atom stereocenters. The molecule has 1 aliphatic heterocycles. The van der Waals surface area contributed by atoms with Crippen molar-refractivity contribution in [2.24, 2.45) is 5.73 Å². The first kappa shape index (κ1) is 27.8. The average molecular weight is 565 g/mol. The molecule has 2 atom stereocenters. The lowest BCUT2D eigenvalue weighted by atomic mass is 9.94. The molecule has 1 fully saturated rings. The van der Waals surface area contributed by atoms with Gasteiger partial charge in [0.15, 0.2) is 0 Å². The minimum atomic E-state index is -0.285. The van der Waals surface area contributed by atoms with E-state index in [1.54, 1.807) is 7.11 Å². The highest BCUT2D eigenvalue weighted by atomic mass is 16.5. The topological polar surface area (TPSA) is 107 Å². The number of aromatic nitrogens is 1. The van der Waals surface area contributed by atoms with Crippen LogP contribution in [-0.2, 0) is 11.2 Å². The Hall–Kier alpha value is -4.40. The lowest BCUT2D eigenvalue weighted by Crippen LogP contribution is -2.56. The summed E-state index contributed by atoms with van der Waals surface area (Å²) < 4.78 is 17.3. The van der Waals surface area contributed by atoms with E-state index in [0.29, 0.717) is 0 Å². The zero-order chi connectivity index (χ0) is 29.4. The van der Waals surface area contributed by atoms with Gasteiger partial charge in [-0.2, -0.15) is 0 Å². The fourth-order valence-corrected chi connectivity index (χ4v) is 5.99. The second kappa shape index (κ2) is 11.5. The van der Waals surface area contributed by atoms with Crippen LogP contribution in [0.2, 0.25) is 0 Å². The number of aryl methyl sites for hydroxylation is 3. The van der Waals surface area contributed by atoms with Gasteiger partial charge in [0.2, 0.25) is 5.91 Å².